The molecule has 126 valence electrons. The van der Waals surface area contributed by atoms with Crippen molar-refractivity contribution in [3.63, 3.8) is 0 Å². The van der Waals surface area contributed by atoms with E-state index in [9.17, 15) is 18.7 Å². The number of hydrogen-bond acceptors (Lipinski definition) is 6. The van der Waals surface area contributed by atoms with Gasteiger partial charge in [0.15, 0.2) is 0 Å². The molecule has 1 aliphatic rings. The molecule has 0 unspecified atom stereocenters. The summed E-state index contributed by atoms with van der Waals surface area (Å²) in [4.78, 5) is 12.5. The van der Waals surface area contributed by atoms with Crippen LogP contribution < -0.4 is 10.3 Å². The topological polar surface area (TPSA) is 83.4 Å². The number of amides is 1. The van der Waals surface area contributed by atoms with Crippen LogP contribution in [0.3, 0.4) is 0 Å². The number of anilines is 1. The smallest absolute Gasteiger partial charge is 0.427 e. The predicted octanol–water partition coefficient (Wildman–Crippen LogP) is 0.854. The van der Waals surface area contributed by atoms with Gasteiger partial charge in [-0.1, -0.05) is 0 Å². The predicted molar refractivity (Wildman–Crippen MR) is 78.6 cm³/mol. The Labute approximate surface area is 131 Å². The van der Waals surface area contributed by atoms with Crippen molar-refractivity contribution >= 4 is 17.5 Å². The van der Waals surface area contributed by atoms with Crippen LogP contribution in [-0.4, -0.2) is 56.9 Å². The van der Waals surface area contributed by atoms with Crippen molar-refractivity contribution in [3.05, 3.63) is 29.3 Å². The van der Waals surface area contributed by atoms with Crippen LogP contribution >= 0.6 is 0 Å². The number of aliphatic hydroxyl groups excluding tert-OH is 1. The molecule has 0 radical (unpaired) electrons. The van der Waals surface area contributed by atoms with Crippen molar-refractivity contribution in [2.24, 2.45) is 5.10 Å². The molecule has 0 bridgehead atoms. The monoisotopic (exact) mass is 329 g/mol. The van der Waals surface area contributed by atoms with E-state index in [0.29, 0.717) is 26.3 Å². The molecule has 0 aromatic heterocycles. The first-order chi connectivity index (χ1) is 11.1. The Morgan fingerprint density at radius 2 is 2.00 bits per heavy atom. The van der Waals surface area contributed by atoms with Crippen LogP contribution in [0.15, 0.2) is 17.2 Å². The van der Waals surface area contributed by atoms with Gasteiger partial charge in [-0.3, -0.25) is 0 Å². The zero-order valence-electron chi connectivity index (χ0n) is 12.5. The first-order valence-corrected chi connectivity index (χ1v) is 6.90. The number of nitrogens with zero attached hydrogens (tertiary/aromatic N) is 2. The van der Waals surface area contributed by atoms with Crippen molar-refractivity contribution in [1.29, 1.82) is 0 Å². The van der Waals surface area contributed by atoms with Crippen LogP contribution in [0.5, 0.6) is 0 Å². The van der Waals surface area contributed by atoms with E-state index in [1.54, 1.807) is 4.90 Å². The van der Waals surface area contributed by atoms with E-state index < -0.39 is 24.3 Å². The second kappa shape index (κ2) is 7.84. The zero-order chi connectivity index (χ0) is 16.8. The number of aliphatic hydroxyl groups is 1. The molecule has 0 saturated carbocycles. The summed E-state index contributed by atoms with van der Waals surface area (Å²) in [6.07, 6.45) is -0.859. The average molecular weight is 329 g/mol. The second-order valence-electron chi connectivity index (χ2n) is 4.71. The van der Waals surface area contributed by atoms with Crippen LogP contribution in [0.1, 0.15) is 5.56 Å². The number of hydrazone groups is 1. The van der Waals surface area contributed by atoms with E-state index in [1.807, 2.05) is 5.43 Å². The summed E-state index contributed by atoms with van der Waals surface area (Å²) >= 11 is 0. The van der Waals surface area contributed by atoms with Gasteiger partial charge in [0, 0.05) is 18.7 Å². The standard InChI is InChI=1S/C14H17F2N3O4/c1-22-14(21)18-17-12(8-20)9-6-10(15)13(11(16)7-9)19-2-4-23-5-3-19/h6-7,20H,2-5,8H2,1H3,(H,18,21)/b17-12-. The Kier molecular flexibility index (Phi) is 5.83. The third kappa shape index (κ3) is 4.14. The van der Waals surface area contributed by atoms with Gasteiger partial charge in [0.1, 0.15) is 17.3 Å². The van der Waals surface area contributed by atoms with Gasteiger partial charge in [0.2, 0.25) is 0 Å². The third-order valence-corrected chi connectivity index (χ3v) is 3.29. The molecule has 9 heteroatoms. The minimum absolute atomic E-state index is 0.0240. The van der Waals surface area contributed by atoms with Gasteiger partial charge in [0.05, 0.1) is 32.6 Å². The van der Waals surface area contributed by atoms with Crippen LogP contribution in [0.2, 0.25) is 0 Å². The minimum Gasteiger partial charge on any atom is -0.452 e. The highest BCUT2D eigenvalue weighted by molar-refractivity contribution is 6.02. The molecule has 0 atom stereocenters. The SMILES string of the molecule is COC(=O)N/N=C(/CO)c1cc(F)c(N2CCOCC2)c(F)c1. The number of morpholine rings is 1. The lowest BCUT2D eigenvalue weighted by atomic mass is 10.1. The van der Waals surface area contributed by atoms with Gasteiger partial charge < -0.3 is 19.5 Å². The molecular formula is C14H17F2N3O4. The number of hydrogen-bond donors (Lipinski definition) is 2. The molecule has 1 fully saturated rings. The van der Waals surface area contributed by atoms with Gasteiger partial charge in [0.25, 0.3) is 0 Å². The maximum Gasteiger partial charge on any atom is 0.427 e. The van der Waals surface area contributed by atoms with E-state index in [1.165, 1.54) is 0 Å². The molecule has 7 nitrogen and oxygen atoms in total. The summed E-state index contributed by atoms with van der Waals surface area (Å²) in [6, 6.07) is 2.11. The number of rotatable bonds is 4. The van der Waals surface area contributed by atoms with Crippen molar-refractivity contribution in [2.45, 2.75) is 0 Å². The number of carbonyl (C=O) groups is 1. The van der Waals surface area contributed by atoms with E-state index >= 15 is 0 Å². The summed E-state index contributed by atoms with van der Waals surface area (Å²) < 4.78 is 38.0. The largest absolute Gasteiger partial charge is 0.452 e. The lowest BCUT2D eigenvalue weighted by molar-refractivity contribution is 0.122. The fourth-order valence-corrected chi connectivity index (χ4v) is 2.17. The van der Waals surface area contributed by atoms with Crippen molar-refractivity contribution in [1.82, 2.24) is 5.43 Å². The molecule has 2 N–H and O–H groups in total. The van der Waals surface area contributed by atoms with Crippen molar-refractivity contribution in [2.75, 3.05) is 44.9 Å². The fraction of sp³-hybridized carbons (Fsp3) is 0.429. The van der Waals surface area contributed by atoms with Crippen LogP contribution in [0.25, 0.3) is 0 Å². The van der Waals surface area contributed by atoms with Crippen LogP contribution in [0, 0.1) is 11.6 Å². The number of ether oxygens (including phenoxy) is 2. The maximum absolute atomic E-state index is 14.3. The number of methoxy groups -OCH3 is 1. The summed E-state index contributed by atoms with van der Waals surface area (Å²) in [7, 11) is 1.14. The summed E-state index contributed by atoms with van der Waals surface area (Å²) in [5, 5.41) is 12.9. The molecule has 1 aliphatic heterocycles. The minimum atomic E-state index is -0.859. The zero-order valence-corrected chi connectivity index (χ0v) is 12.5. The normalized spacial score (nSPS) is 15.5. The molecule has 1 heterocycles. The first kappa shape index (κ1) is 17.1. The molecule has 23 heavy (non-hydrogen) atoms. The Morgan fingerprint density at radius 1 is 1.39 bits per heavy atom. The highest BCUT2D eigenvalue weighted by atomic mass is 19.1. The van der Waals surface area contributed by atoms with E-state index in [0.717, 1.165) is 19.2 Å². The number of benzene rings is 1. The number of carbonyl (C=O) groups excluding carboxylic acids is 1. The quantitative estimate of drug-likeness (QED) is 0.632. The molecule has 2 rings (SSSR count). The molecule has 1 saturated heterocycles. The molecular weight excluding hydrogens is 312 g/mol. The molecule has 0 aliphatic carbocycles. The van der Waals surface area contributed by atoms with Gasteiger partial charge in [-0.2, -0.15) is 5.10 Å². The number of halogens is 2. The lowest BCUT2D eigenvalue weighted by Crippen LogP contribution is -2.37. The Balaban J connectivity index is 2.28. The summed E-state index contributed by atoms with van der Waals surface area (Å²) in [5.41, 5.74) is 1.78. The van der Waals surface area contributed by atoms with Crippen LogP contribution in [-0.2, 0) is 9.47 Å². The molecule has 1 aromatic rings. The Morgan fingerprint density at radius 3 is 2.52 bits per heavy atom. The Hall–Kier alpha value is -2.26. The van der Waals surface area contributed by atoms with E-state index in [-0.39, 0.29) is 17.0 Å². The second-order valence-corrected chi connectivity index (χ2v) is 4.71. The van der Waals surface area contributed by atoms with Crippen molar-refractivity contribution in [3.8, 4) is 0 Å². The maximum atomic E-state index is 14.3. The van der Waals surface area contributed by atoms with E-state index in [4.69, 9.17) is 4.74 Å². The third-order valence-electron chi connectivity index (χ3n) is 3.29. The van der Waals surface area contributed by atoms with Gasteiger partial charge in [-0.05, 0) is 12.1 Å². The summed E-state index contributed by atoms with van der Waals surface area (Å²) in [6.45, 7) is 0.954. The lowest BCUT2D eigenvalue weighted by Gasteiger charge is -2.29. The molecule has 1 amide bonds. The van der Waals surface area contributed by atoms with Crippen LogP contribution in [0.4, 0.5) is 19.3 Å². The average Bonchev–Trinajstić information content (AvgIpc) is 2.55. The van der Waals surface area contributed by atoms with Crippen molar-refractivity contribution < 1.29 is 28.2 Å². The van der Waals surface area contributed by atoms with Gasteiger partial charge >= 0.3 is 6.09 Å². The molecule has 0 spiro atoms. The van der Waals surface area contributed by atoms with Gasteiger partial charge in [-0.15, -0.1) is 0 Å². The fourth-order valence-electron chi connectivity index (χ4n) is 2.17. The highest BCUT2D eigenvalue weighted by Crippen LogP contribution is 2.26. The van der Waals surface area contributed by atoms with E-state index in [2.05, 4.69) is 9.84 Å². The van der Waals surface area contributed by atoms with Gasteiger partial charge in [-0.25, -0.2) is 19.0 Å². The highest BCUT2D eigenvalue weighted by Gasteiger charge is 2.21. The first-order valence-electron chi connectivity index (χ1n) is 6.90. The Bertz CT molecular complexity index is 581. The molecule has 1 aromatic carbocycles. The number of nitrogens with one attached hydrogen (secondary N) is 1. The summed E-state index contributed by atoms with van der Waals surface area (Å²) in [5.74, 6) is -1.55.